The van der Waals surface area contributed by atoms with Crippen LogP contribution in [0.2, 0.25) is 0 Å². The Morgan fingerprint density at radius 2 is 1.74 bits per heavy atom. The standard InChI is InChI=1S/C25H31N3O2S/c1-27(2)19-11-9-18(10-12-19)25-22-8-6-7-21(22)23-17-20(13-14-24(23)26-25)31(29,30)28-15-4-3-5-16-28/h6-7,9-14,17,21-22,25-26H,3-5,8,15-16H2,1-2H3. The van der Waals surface area contributed by atoms with E-state index in [1.165, 1.54) is 11.3 Å². The van der Waals surface area contributed by atoms with Gasteiger partial charge in [-0.1, -0.05) is 30.7 Å². The number of nitrogens with zero attached hydrogens (tertiary/aromatic N) is 2. The molecule has 3 atom stereocenters. The largest absolute Gasteiger partial charge is 0.378 e. The summed E-state index contributed by atoms with van der Waals surface area (Å²) in [5, 5.41) is 3.73. The molecule has 2 aromatic carbocycles. The van der Waals surface area contributed by atoms with Gasteiger partial charge in [0.15, 0.2) is 0 Å². The lowest BCUT2D eigenvalue weighted by molar-refractivity contribution is 0.346. The van der Waals surface area contributed by atoms with Crippen LogP contribution in [0.1, 0.15) is 48.8 Å². The van der Waals surface area contributed by atoms with Gasteiger partial charge in [-0.15, -0.1) is 0 Å². The maximum absolute atomic E-state index is 13.2. The number of hydrogen-bond acceptors (Lipinski definition) is 4. The predicted molar refractivity (Wildman–Crippen MR) is 126 cm³/mol. The number of nitrogens with one attached hydrogen (secondary N) is 1. The number of allylic oxidation sites excluding steroid dienone is 2. The molecule has 0 saturated carbocycles. The highest BCUT2D eigenvalue weighted by Crippen LogP contribution is 2.50. The lowest BCUT2D eigenvalue weighted by Crippen LogP contribution is -2.36. The Hall–Kier alpha value is -2.31. The van der Waals surface area contributed by atoms with Crippen molar-refractivity contribution in [3.05, 3.63) is 65.7 Å². The summed E-state index contributed by atoms with van der Waals surface area (Å²) < 4.78 is 28.1. The number of rotatable bonds is 4. The molecule has 31 heavy (non-hydrogen) atoms. The summed E-state index contributed by atoms with van der Waals surface area (Å²) in [5.41, 5.74) is 4.62. The average Bonchev–Trinajstić information content (AvgIpc) is 3.29. The zero-order valence-corrected chi connectivity index (χ0v) is 19.1. The van der Waals surface area contributed by atoms with Gasteiger partial charge in [0.1, 0.15) is 0 Å². The second-order valence-corrected chi connectivity index (χ2v) is 11.1. The second-order valence-electron chi connectivity index (χ2n) is 9.18. The van der Waals surface area contributed by atoms with Crippen molar-refractivity contribution >= 4 is 21.4 Å². The molecular weight excluding hydrogens is 406 g/mol. The maximum Gasteiger partial charge on any atom is 0.243 e. The summed E-state index contributed by atoms with van der Waals surface area (Å²) in [6.07, 6.45) is 8.54. The van der Waals surface area contributed by atoms with Crippen LogP contribution in [0.4, 0.5) is 11.4 Å². The van der Waals surface area contributed by atoms with E-state index in [0.29, 0.717) is 23.9 Å². The molecule has 5 rings (SSSR count). The van der Waals surface area contributed by atoms with Gasteiger partial charge in [0, 0.05) is 44.5 Å². The van der Waals surface area contributed by atoms with Crippen molar-refractivity contribution in [2.75, 3.05) is 37.4 Å². The molecular formula is C25H31N3O2S. The maximum atomic E-state index is 13.2. The molecule has 3 aliphatic rings. The second kappa shape index (κ2) is 7.99. The lowest BCUT2D eigenvalue weighted by Gasteiger charge is -2.38. The highest BCUT2D eigenvalue weighted by atomic mass is 32.2. The minimum atomic E-state index is -3.43. The normalized spacial score (nSPS) is 25.5. The first-order chi connectivity index (χ1) is 14.9. The van der Waals surface area contributed by atoms with Crippen molar-refractivity contribution < 1.29 is 8.42 Å². The van der Waals surface area contributed by atoms with Crippen molar-refractivity contribution in [3.63, 3.8) is 0 Å². The zero-order valence-electron chi connectivity index (χ0n) is 18.3. The van der Waals surface area contributed by atoms with E-state index >= 15 is 0 Å². The van der Waals surface area contributed by atoms with E-state index in [-0.39, 0.29) is 12.0 Å². The lowest BCUT2D eigenvalue weighted by atomic mass is 9.77. The van der Waals surface area contributed by atoms with Crippen LogP contribution in [0.5, 0.6) is 0 Å². The van der Waals surface area contributed by atoms with Gasteiger partial charge in [-0.05, 0) is 66.6 Å². The van der Waals surface area contributed by atoms with Gasteiger partial charge in [-0.3, -0.25) is 0 Å². The monoisotopic (exact) mass is 437 g/mol. The summed E-state index contributed by atoms with van der Waals surface area (Å²) in [5.74, 6) is 0.636. The molecule has 0 spiro atoms. The Balaban J connectivity index is 1.48. The van der Waals surface area contributed by atoms with Crippen LogP contribution < -0.4 is 10.2 Å². The zero-order chi connectivity index (χ0) is 21.6. The fourth-order valence-electron chi connectivity index (χ4n) is 5.30. The highest BCUT2D eigenvalue weighted by Gasteiger charge is 2.39. The SMILES string of the molecule is CN(C)c1ccc(C2Nc3ccc(S(=O)(=O)N4CCCCC4)cc3C3C=CCC32)cc1. The molecule has 2 heterocycles. The van der Waals surface area contributed by atoms with Crippen molar-refractivity contribution in [1.82, 2.24) is 4.31 Å². The van der Waals surface area contributed by atoms with Crippen LogP contribution in [0.25, 0.3) is 0 Å². The summed E-state index contributed by atoms with van der Waals surface area (Å²) in [6.45, 7) is 1.27. The van der Waals surface area contributed by atoms with Crippen LogP contribution in [0.15, 0.2) is 59.5 Å². The van der Waals surface area contributed by atoms with Gasteiger partial charge >= 0.3 is 0 Å². The van der Waals surface area contributed by atoms with E-state index in [0.717, 1.165) is 36.9 Å². The Labute approximate surface area is 185 Å². The van der Waals surface area contributed by atoms with E-state index in [1.807, 2.05) is 12.1 Å². The third kappa shape index (κ3) is 3.66. The van der Waals surface area contributed by atoms with Crippen molar-refractivity contribution in [3.8, 4) is 0 Å². The van der Waals surface area contributed by atoms with Crippen LogP contribution >= 0.6 is 0 Å². The molecule has 6 heteroatoms. The Bertz CT molecular complexity index is 1090. The smallest absolute Gasteiger partial charge is 0.243 e. The molecule has 0 radical (unpaired) electrons. The molecule has 3 unspecified atom stereocenters. The first-order valence-corrected chi connectivity index (χ1v) is 12.7. The van der Waals surface area contributed by atoms with E-state index in [1.54, 1.807) is 10.4 Å². The summed E-state index contributed by atoms with van der Waals surface area (Å²) in [6, 6.07) is 14.6. The topological polar surface area (TPSA) is 52.7 Å². The molecule has 0 amide bonds. The average molecular weight is 438 g/mol. The molecule has 1 N–H and O–H groups in total. The minimum absolute atomic E-state index is 0.216. The van der Waals surface area contributed by atoms with Crippen molar-refractivity contribution in [1.29, 1.82) is 0 Å². The van der Waals surface area contributed by atoms with Gasteiger partial charge in [0.25, 0.3) is 0 Å². The van der Waals surface area contributed by atoms with Crippen LogP contribution in [0, 0.1) is 5.92 Å². The summed E-state index contributed by atoms with van der Waals surface area (Å²) >= 11 is 0. The Kier molecular flexibility index (Phi) is 5.30. The molecule has 1 fully saturated rings. The van der Waals surface area contributed by atoms with Crippen LogP contribution in [0.3, 0.4) is 0 Å². The van der Waals surface area contributed by atoms with E-state index in [4.69, 9.17) is 0 Å². The molecule has 2 aromatic rings. The summed E-state index contributed by atoms with van der Waals surface area (Å²) in [7, 11) is 0.678. The summed E-state index contributed by atoms with van der Waals surface area (Å²) in [4.78, 5) is 2.54. The molecule has 0 bridgehead atoms. The first-order valence-electron chi connectivity index (χ1n) is 11.3. The third-order valence-electron chi connectivity index (χ3n) is 7.06. The van der Waals surface area contributed by atoms with Gasteiger partial charge < -0.3 is 10.2 Å². The number of benzene rings is 2. The number of hydrogen-bond donors (Lipinski definition) is 1. The first kappa shape index (κ1) is 20.6. The number of piperidine rings is 1. The minimum Gasteiger partial charge on any atom is -0.378 e. The van der Waals surface area contributed by atoms with E-state index in [2.05, 4.69) is 60.7 Å². The molecule has 0 aromatic heterocycles. The number of sulfonamides is 1. The molecule has 1 saturated heterocycles. The van der Waals surface area contributed by atoms with Crippen molar-refractivity contribution in [2.45, 2.75) is 42.5 Å². The fourth-order valence-corrected chi connectivity index (χ4v) is 6.85. The number of anilines is 2. The van der Waals surface area contributed by atoms with Gasteiger partial charge in [-0.2, -0.15) is 4.31 Å². The molecule has 1 aliphatic carbocycles. The number of fused-ring (bicyclic) bond motifs is 3. The molecule has 5 nitrogen and oxygen atoms in total. The van der Waals surface area contributed by atoms with Crippen LogP contribution in [-0.2, 0) is 10.0 Å². The van der Waals surface area contributed by atoms with E-state index in [9.17, 15) is 8.42 Å². The predicted octanol–water partition coefficient (Wildman–Crippen LogP) is 4.75. The quantitative estimate of drug-likeness (QED) is 0.701. The van der Waals surface area contributed by atoms with Crippen LogP contribution in [-0.4, -0.2) is 39.9 Å². The van der Waals surface area contributed by atoms with Gasteiger partial charge in [0.05, 0.1) is 10.9 Å². The Morgan fingerprint density at radius 1 is 1.00 bits per heavy atom. The van der Waals surface area contributed by atoms with Crippen molar-refractivity contribution in [2.24, 2.45) is 5.92 Å². The van der Waals surface area contributed by atoms with Gasteiger partial charge in [0.2, 0.25) is 10.0 Å². The molecule has 164 valence electrons. The third-order valence-corrected chi connectivity index (χ3v) is 8.95. The molecule has 2 aliphatic heterocycles. The Morgan fingerprint density at radius 3 is 2.45 bits per heavy atom. The highest BCUT2D eigenvalue weighted by molar-refractivity contribution is 7.89. The van der Waals surface area contributed by atoms with Gasteiger partial charge in [-0.25, -0.2) is 8.42 Å². The van der Waals surface area contributed by atoms with E-state index < -0.39 is 10.0 Å². The fraction of sp³-hybridized carbons (Fsp3) is 0.440.